The van der Waals surface area contributed by atoms with Gasteiger partial charge in [-0.15, -0.1) is 0 Å². The van der Waals surface area contributed by atoms with Crippen LogP contribution in [0, 0.1) is 0 Å². The summed E-state index contributed by atoms with van der Waals surface area (Å²) < 4.78 is 36.3. The Morgan fingerprint density at radius 2 is 1.62 bits per heavy atom. The van der Waals surface area contributed by atoms with E-state index in [4.69, 9.17) is 43.7 Å². The molecule has 1 heterocycles. The summed E-state index contributed by atoms with van der Waals surface area (Å²) in [6.45, 7) is 1.97. The SMILES string of the molecule is CCOc1cc(/C=C2\SC(=O)N(Cc3ccc(Cl)cc3Cl)C2=O)ccc1OS(=O)(=O)c1ccc(Cl)cc1. The minimum atomic E-state index is -4.15. The van der Waals surface area contributed by atoms with E-state index in [0.29, 0.717) is 26.2 Å². The maximum absolute atomic E-state index is 13.0. The molecule has 2 amide bonds. The first-order valence-electron chi connectivity index (χ1n) is 10.7. The number of rotatable bonds is 8. The van der Waals surface area contributed by atoms with Crippen molar-refractivity contribution in [1.29, 1.82) is 0 Å². The number of thioether (sulfide) groups is 1. The summed E-state index contributed by atoms with van der Waals surface area (Å²) in [6.07, 6.45) is 1.52. The number of ether oxygens (including phenoxy) is 1. The summed E-state index contributed by atoms with van der Waals surface area (Å²) in [7, 11) is -4.15. The maximum atomic E-state index is 13.0. The van der Waals surface area contributed by atoms with E-state index in [9.17, 15) is 18.0 Å². The molecule has 0 aromatic heterocycles. The van der Waals surface area contributed by atoms with Crippen molar-refractivity contribution in [3.63, 3.8) is 0 Å². The summed E-state index contributed by atoms with van der Waals surface area (Å²) in [4.78, 5) is 26.7. The van der Waals surface area contributed by atoms with Gasteiger partial charge in [0.25, 0.3) is 11.1 Å². The number of carbonyl (C=O) groups excluding carboxylic acids is 2. The van der Waals surface area contributed by atoms with Gasteiger partial charge in [-0.25, -0.2) is 0 Å². The van der Waals surface area contributed by atoms with Crippen molar-refractivity contribution >= 4 is 73.9 Å². The zero-order valence-corrected chi connectivity index (χ0v) is 23.0. The number of halogens is 3. The second kappa shape index (κ2) is 11.4. The number of hydrogen-bond donors (Lipinski definition) is 0. The lowest BCUT2D eigenvalue weighted by Crippen LogP contribution is -2.27. The highest BCUT2D eigenvalue weighted by atomic mass is 35.5. The summed E-state index contributed by atoms with van der Waals surface area (Å²) >= 11 is 18.7. The molecule has 0 bridgehead atoms. The topological polar surface area (TPSA) is 90.0 Å². The Labute approximate surface area is 233 Å². The number of amides is 2. The van der Waals surface area contributed by atoms with Gasteiger partial charge in [0, 0.05) is 15.1 Å². The van der Waals surface area contributed by atoms with Crippen LogP contribution in [0.25, 0.3) is 6.08 Å². The molecular formula is C25H18Cl3NO6S2. The standard InChI is InChI=1S/C25H18Cl3NO6S2/c1-2-34-22-11-15(3-10-21(22)35-37(32,33)19-8-6-17(26)7-9-19)12-23-24(30)29(25(31)36-23)14-16-4-5-18(27)13-20(16)28/h3-13H,2,14H2,1H3/b23-12-. The second-order valence-electron chi connectivity index (χ2n) is 7.63. The Morgan fingerprint density at radius 1 is 0.919 bits per heavy atom. The summed E-state index contributed by atoms with van der Waals surface area (Å²) in [5, 5.41) is 0.739. The van der Waals surface area contributed by atoms with Gasteiger partial charge in [0.15, 0.2) is 11.5 Å². The minimum absolute atomic E-state index is 0.00244. The third kappa shape index (κ3) is 6.42. The molecule has 1 fully saturated rings. The van der Waals surface area contributed by atoms with Gasteiger partial charge in [0.05, 0.1) is 18.1 Å². The quantitative estimate of drug-likeness (QED) is 0.203. The number of carbonyl (C=O) groups is 2. The van der Waals surface area contributed by atoms with Crippen molar-refractivity contribution in [2.24, 2.45) is 0 Å². The van der Waals surface area contributed by atoms with E-state index >= 15 is 0 Å². The van der Waals surface area contributed by atoms with Crippen LogP contribution in [0.1, 0.15) is 18.1 Å². The van der Waals surface area contributed by atoms with Crippen molar-refractivity contribution in [2.75, 3.05) is 6.61 Å². The molecule has 192 valence electrons. The normalized spacial score (nSPS) is 14.9. The van der Waals surface area contributed by atoms with Gasteiger partial charge in [-0.2, -0.15) is 8.42 Å². The zero-order chi connectivity index (χ0) is 26.7. The lowest BCUT2D eigenvalue weighted by Gasteiger charge is -2.14. The van der Waals surface area contributed by atoms with Crippen LogP contribution in [0.5, 0.6) is 11.5 Å². The van der Waals surface area contributed by atoms with Gasteiger partial charge in [-0.1, -0.05) is 46.9 Å². The maximum Gasteiger partial charge on any atom is 0.339 e. The summed E-state index contributed by atoms with van der Waals surface area (Å²) in [5.41, 5.74) is 1.09. The molecule has 0 aliphatic carbocycles. The first-order chi connectivity index (χ1) is 17.6. The second-order valence-corrected chi connectivity index (χ2v) is 11.5. The van der Waals surface area contributed by atoms with Gasteiger partial charge >= 0.3 is 10.1 Å². The Kier molecular flexibility index (Phi) is 8.40. The first kappa shape index (κ1) is 27.3. The fourth-order valence-corrected chi connectivity index (χ4v) is 5.70. The molecule has 0 saturated carbocycles. The third-order valence-corrected chi connectivity index (χ3v) is 8.08. The number of benzene rings is 3. The monoisotopic (exact) mass is 597 g/mol. The predicted molar refractivity (Wildman–Crippen MR) is 145 cm³/mol. The largest absolute Gasteiger partial charge is 0.490 e. The molecule has 1 saturated heterocycles. The van der Waals surface area contributed by atoms with E-state index < -0.39 is 21.3 Å². The van der Waals surface area contributed by atoms with Crippen LogP contribution in [-0.2, 0) is 21.5 Å². The van der Waals surface area contributed by atoms with Crippen LogP contribution in [0.4, 0.5) is 4.79 Å². The molecule has 12 heteroatoms. The van der Waals surface area contributed by atoms with Crippen LogP contribution < -0.4 is 8.92 Å². The lowest BCUT2D eigenvalue weighted by atomic mass is 10.1. The van der Waals surface area contributed by atoms with Crippen LogP contribution in [0.2, 0.25) is 15.1 Å². The molecule has 1 aliphatic heterocycles. The van der Waals surface area contributed by atoms with Crippen LogP contribution in [0.3, 0.4) is 0 Å². The number of hydrogen-bond acceptors (Lipinski definition) is 7. The van der Waals surface area contributed by atoms with E-state index in [0.717, 1.165) is 16.7 Å². The first-order valence-corrected chi connectivity index (χ1v) is 14.1. The van der Waals surface area contributed by atoms with Gasteiger partial charge in [0.1, 0.15) is 4.90 Å². The van der Waals surface area contributed by atoms with Crippen molar-refractivity contribution in [2.45, 2.75) is 18.4 Å². The lowest BCUT2D eigenvalue weighted by molar-refractivity contribution is -0.123. The van der Waals surface area contributed by atoms with Crippen LogP contribution in [0.15, 0.2) is 70.5 Å². The van der Waals surface area contributed by atoms with Crippen molar-refractivity contribution < 1.29 is 26.9 Å². The van der Waals surface area contributed by atoms with E-state index in [2.05, 4.69) is 0 Å². The van der Waals surface area contributed by atoms with Crippen LogP contribution >= 0.6 is 46.6 Å². The third-order valence-electron chi connectivity index (χ3n) is 5.08. The van der Waals surface area contributed by atoms with Gasteiger partial charge in [-0.05, 0) is 84.4 Å². The summed E-state index contributed by atoms with van der Waals surface area (Å²) in [6, 6.07) is 14.9. The molecule has 1 aliphatic rings. The van der Waals surface area contributed by atoms with Crippen LogP contribution in [-0.4, -0.2) is 31.1 Å². The van der Waals surface area contributed by atoms with Crippen molar-refractivity contribution in [1.82, 2.24) is 4.90 Å². The van der Waals surface area contributed by atoms with E-state index in [1.807, 2.05) is 0 Å². The molecule has 3 aromatic rings. The minimum Gasteiger partial charge on any atom is -0.490 e. The molecule has 7 nitrogen and oxygen atoms in total. The number of nitrogens with zero attached hydrogens (tertiary/aromatic N) is 1. The fraction of sp³-hybridized carbons (Fsp3) is 0.120. The average molecular weight is 599 g/mol. The molecule has 0 spiro atoms. The number of imide groups is 1. The zero-order valence-electron chi connectivity index (χ0n) is 19.1. The van der Waals surface area contributed by atoms with Crippen molar-refractivity contribution in [3.05, 3.63) is 91.8 Å². The highest BCUT2D eigenvalue weighted by Gasteiger charge is 2.35. The molecule has 0 radical (unpaired) electrons. The molecule has 4 rings (SSSR count). The Morgan fingerprint density at radius 3 is 2.30 bits per heavy atom. The van der Waals surface area contributed by atoms with Gasteiger partial charge in [-0.3, -0.25) is 14.5 Å². The smallest absolute Gasteiger partial charge is 0.339 e. The molecule has 3 aromatic carbocycles. The van der Waals surface area contributed by atoms with E-state index in [1.165, 1.54) is 42.5 Å². The highest BCUT2D eigenvalue weighted by molar-refractivity contribution is 8.18. The predicted octanol–water partition coefficient (Wildman–Crippen LogP) is 7.05. The Bertz CT molecular complexity index is 1510. The fourth-order valence-electron chi connectivity index (χ4n) is 3.33. The molecule has 0 unspecified atom stereocenters. The molecular weight excluding hydrogens is 581 g/mol. The summed E-state index contributed by atoms with van der Waals surface area (Å²) in [5.74, 6) is -0.356. The Balaban J connectivity index is 1.57. The Hall–Kier alpha value is -2.69. The van der Waals surface area contributed by atoms with E-state index in [-0.39, 0.29) is 34.5 Å². The average Bonchev–Trinajstić information content (AvgIpc) is 3.10. The molecule has 0 N–H and O–H groups in total. The molecule has 0 atom stereocenters. The van der Waals surface area contributed by atoms with E-state index in [1.54, 1.807) is 31.2 Å². The van der Waals surface area contributed by atoms with Crippen molar-refractivity contribution in [3.8, 4) is 11.5 Å². The van der Waals surface area contributed by atoms with Gasteiger partial charge < -0.3 is 8.92 Å². The highest BCUT2D eigenvalue weighted by Crippen LogP contribution is 2.37. The van der Waals surface area contributed by atoms with Gasteiger partial charge in [0.2, 0.25) is 0 Å². The molecule has 37 heavy (non-hydrogen) atoms.